The number of ether oxygens (including phenoxy) is 1. The Morgan fingerprint density at radius 2 is 2.14 bits per heavy atom. The molecule has 1 unspecified atom stereocenters. The topological polar surface area (TPSA) is 63.7 Å². The Balaban J connectivity index is 2.04. The van der Waals surface area contributed by atoms with Gasteiger partial charge in [-0.15, -0.1) is 11.8 Å². The quantitative estimate of drug-likeness (QED) is 0.739. The lowest BCUT2D eigenvalue weighted by Crippen LogP contribution is -2.27. The first-order valence-corrected chi connectivity index (χ1v) is 11.5. The number of likely N-dealkylation sites (tertiary alicyclic amines) is 1. The highest BCUT2D eigenvalue weighted by Gasteiger charge is 2.36. The van der Waals surface area contributed by atoms with Crippen molar-refractivity contribution in [1.29, 1.82) is 0 Å². The predicted molar refractivity (Wildman–Crippen MR) is 123 cm³/mol. The van der Waals surface area contributed by atoms with Crippen molar-refractivity contribution < 1.29 is 4.74 Å². The normalized spacial score (nSPS) is 21.9. The summed E-state index contributed by atoms with van der Waals surface area (Å²) in [4.78, 5) is 13.4. The summed E-state index contributed by atoms with van der Waals surface area (Å²) in [7, 11) is 1.73. The molecule has 0 bridgehead atoms. The van der Waals surface area contributed by atoms with Crippen LogP contribution in [-0.4, -0.2) is 35.1 Å². The zero-order chi connectivity index (χ0) is 21.1. The summed E-state index contributed by atoms with van der Waals surface area (Å²) in [5.41, 5.74) is 12.1. The van der Waals surface area contributed by atoms with Crippen LogP contribution in [0.3, 0.4) is 0 Å². The molecule has 1 aromatic heterocycles. The number of pyridine rings is 1. The van der Waals surface area contributed by atoms with E-state index in [0.29, 0.717) is 11.7 Å². The van der Waals surface area contributed by atoms with Gasteiger partial charge in [-0.05, 0) is 63.2 Å². The molecule has 6 heteroatoms. The van der Waals surface area contributed by atoms with Gasteiger partial charge in [-0.25, -0.2) is 4.99 Å². The molecule has 1 atom stereocenters. The molecule has 1 aromatic rings. The first kappa shape index (κ1) is 21.8. The third-order valence-corrected chi connectivity index (χ3v) is 7.21. The summed E-state index contributed by atoms with van der Waals surface area (Å²) < 4.78 is 5.62. The summed E-state index contributed by atoms with van der Waals surface area (Å²) >= 11 is 1.96. The number of aromatic nitrogens is 1. The lowest BCUT2D eigenvalue weighted by Gasteiger charge is -2.22. The molecule has 29 heavy (non-hydrogen) atoms. The first-order chi connectivity index (χ1) is 13.9. The van der Waals surface area contributed by atoms with Crippen LogP contribution in [0.25, 0.3) is 0 Å². The lowest BCUT2D eigenvalue weighted by molar-refractivity contribution is 0.379. The van der Waals surface area contributed by atoms with E-state index in [0.717, 1.165) is 53.5 Å². The van der Waals surface area contributed by atoms with Crippen molar-refractivity contribution in [2.45, 2.75) is 60.4 Å². The fourth-order valence-electron chi connectivity index (χ4n) is 4.18. The highest BCUT2D eigenvalue weighted by atomic mass is 32.2. The van der Waals surface area contributed by atoms with Gasteiger partial charge in [0, 0.05) is 35.4 Å². The molecule has 0 spiro atoms. The number of thioether (sulfide) groups is 1. The van der Waals surface area contributed by atoms with Crippen molar-refractivity contribution >= 4 is 17.6 Å². The summed E-state index contributed by atoms with van der Waals surface area (Å²) in [6.07, 6.45) is 5.26. The molecule has 1 fully saturated rings. The van der Waals surface area contributed by atoms with Crippen LogP contribution in [-0.2, 0) is 6.54 Å². The number of fused-ring (bicyclic) bond motifs is 1. The summed E-state index contributed by atoms with van der Waals surface area (Å²) in [6.45, 7) is 12.2. The van der Waals surface area contributed by atoms with Crippen molar-refractivity contribution in [3.05, 3.63) is 44.9 Å². The molecule has 0 amide bonds. The van der Waals surface area contributed by atoms with Crippen LogP contribution in [0, 0.1) is 19.8 Å². The maximum absolute atomic E-state index is 6.37. The van der Waals surface area contributed by atoms with Crippen LogP contribution < -0.4 is 10.5 Å². The third kappa shape index (κ3) is 4.47. The molecule has 0 saturated carbocycles. The first-order valence-electron chi connectivity index (χ1n) is 10.5. The molecule has 158 valence electrons. The highest BCUT2D eigenvalue weighted by molar-refractivity contribution is 8.03. The van der Waals surface area contributed by atoms with Gasteiger partial charge in [0.2, 0.25) is 0 Å². The van der Waals surface area contributed by atoms with E-state index in [4.69, 9.17) is 20.4 Å². The second-order valence-corrected chi connectivity index (χ2v) is 9.35. The number of amidine groups is 1. The van der Waals surface area contributed by atoms with E-state index in [2.05, 4.69) is 32.6 Å². The zero-order valence-electron chi connectivity index (χ0n) is 18.6. The fourth-order valence-corrected chi connectivity index (χ4v) is 5.21. The molecule has 2 aliphatic rings. The van der Waals surface area contributed by atoms with E-state index in [9.17, 15) is 0 Å². The number of nitrogens with two attached hydrogens (primary N) is 1. The number of aliphatic imine (C=N–C) groups is 1. The fraction of sp³-hybridized carbons (Fsp3) is 0.565. The Bertz CT molecular complexity index is 872. The van der Waals surface area contributed by atoms with Gasteiger partial charge in [0.15, 0.2) is 0 Å². The lowest BCUT2D eigenvalue weighted by atomic mass is 9.97. The van der Waals surface area contributed by atoms with E-state index in [1.165, 1.54) is 29.1 Å². The molecule has 2 aliphatic heterocycles. The van der Waals surface area contributed by atoms with Crippen LogP contribution in [0.1, 0.15) is 56.9 Å². The van der Waals surface area contributed by atoms with Crippen molar-refractivity contribution in [3.63, 3.8) is 0 Å². The van der Waals surface area contributed by atoms with Crippen LogP contribution in [0.15, 0.2) is 33.1 Å². The van der Waals surface area contributed by atoms with Crippen LogP contribution >= 0.6 is 11.8 Å². The van der Waals surface area contributed by atoms with Crippen molar-refractivity contribution in [3.8, 4) is 5.75 Å². The highest BCUT2D eigenvalue weighted by Crippen LogP contribution is 2.40. The van der Waals surface area contributed by atoms with Crippen molar-refractivity contribution in [1.82, 2.24) is 9.88 Å². The molecular formula is C23H34N4OS. The molecule has 3 heterocycles. The van der Waals surface area contributed by atoms with Crippen LogP contribution in [0.5, 0.6) is 5.75 Å². The molecule has 3 rings (SSSR count). The minimum atomic E-state index is 0.520. The zero-order valence-corrected chi connectivity index (χ0v) is 19.4. The molecule has 0 aliphatic carbocycles. The summed E-state index contributed by atoms with van der Waals surface area (Å²) in [5.74, 6) is 4.32. The second kappa shape index (κ2) is 9.24. The van der Waals surface area contributed by atoms with Crippen LogP contribution in [0.4, 0.5) is 0 Å². The van der Waals surface area contributed by atoms with E-state index in [-0.39, 0.29) is 0 Å². The molecule has 5 nitrogen and oxygen atoms in total. The largest absolute Gasteiger partial charge is 0.496 e. The van der Waals surface area contributed by atoms with Gasteiger partial charge < -0.3 is 15.4 Å². The second-order valence-electron chi connectivity index (χ2n) is 8.04. The number of rotatable bonds is 5. The number of hydrogen-bond acceptors (Lipinski definition) is 5. The number of nitrogens with zero attached hydrogens (tertiary/aromatic N) is 3. The Morgan fingerprint density at radius 1 is 1.38 bits per heavy atom. The number of allylic oxidation sites excluding steroid dienone is 2. The Labute approximate surface area is 179 Å². The van der Waals surface area contributed by atoms with Crippen molar-refractivity contribution in [2.24, 2.45) is 16.6 Å². The Kier molecular flexibility index (Phi) is 6.93. The average molecular weight is 415 g/mol. The molecular weight excluding hydrogens is 380 g/mol. The molecule has 0 aromatic carbocycles. The van der Waals surface area contributed by atoms with Gasteiger partial charge in [-0.3, -0.25) is 4.98 Å². The summed E-state index contributed by atoms with van der Waals surface area (Å²) in [5, 5.41) is 0. The minimum absolute atomic E-state index is 0.520. The maximum Gasteiger partial charge on any atom is 0.135 e. The monoisotopic (exact) mass is 414 g/mol. The van der Waals surface area contributed by atoms with Crippen LogP contribution in [0.2, 0.25) is 0 Å². The Hall–Kier alpha value is -1.95. The maximum atomic E-state index is 6.37. The smallest absolute Gasteiger partial charge is 0.135 e. The van der Waals surface area contributed by atoms with E-state index >= 15 is 0 Å². The van der Waals surface area contributed by atoms with E-state index in [1.54, 1.807) is 7.11 Å². The average Bonchev–Trinajstić information content (AvgIpc) is 2.92. The SMILES string of the molecule is CC/C(C)=C(N)/N=C1\C2=C(C)SCCCC2CN1Cc1ncc(C)c(OC)c1C. The van der Waals surface area contributed by atoms with Gasteiger partial charge in [-0.2, -0.15) is 0 Å². The van der Waals surface area contributed by atoms with Gasteiger partial charge in [0.25, 0.3) is 0 Å². The van der Waals surface area contributed by atoms with E-state index < -0.39 is 0 Å². The third-order valence-electron chi connectivity index (χ3n) is 6.07. The van der Waals surface area contributed by atoms with Gasteiger partial charge in [0.05, 0.1) is 19.3 Å². The number of aryl methyl sites for hydroxylation is 1. The van der Waals surface area contributed by atoms with Gasteiger partial charge in [0.1, 0.15) is 17.4 Å². The molecule has 1 saturated heterocycles. The number of methoxy groups -OCH3 is 1. The molecule has 2 N–H and O–H groups in total. The summed E-state index contributed by atoms with van der Waals surface area (Å²) in [6, 6.07) is 0. The van der Waals surface area contributed by atoms with E-state index in [1.807, 2.05) is 24.9 Å². The van der Waals surface area contributed by atoms with Gasteiger partial charge >= 0.3 is 0 Å². The molecule has 0 radical (unpaired) electrons. The Morgan fingerprint density at radius 3 is 2.83 bits per heavy atom. The standard InChI is InChI=1S/C23H34N4OS/c1-7-14(2)22(24)26-23-20-17(5)29-10-8-9-18(20)12-27(23)13-19-16(4)21(28-6)15(3)11-25-19/h11,18H,7-10,12-13,24H2,1-6H3/b22-14+,26-23+. The number of hydrogen-bond donors (Lipinski definition) is 1. The predicted octanol–water partition coefficient (Wildman–Crippen LogP) is 4.94. The van der Waals surface area contributed by atoms with Crippen molar-refractivity contribution in [2.75, 3.05) is 19.4 Å². The minimum Gasteiger partial charge on any atom is -0.496 e. The van der Waals surface area contributed by atoms with Gasteiger partial charge in [-0.1, -0.05) is 6.92 Å².